The second-order valence-electron chi connectivity index (χ2n) is 6.89. The second kappa shape index (κ2) is 9.82. The molecule has 1 aromatic carbocycles. The molecule has 3 rings (SSSR count). The Balaban J connectivity index is 1.67. The molecule has 1 fully saturated rings. The Bertz CT molecular complexity index is 872. The highest BCUT2D eigenvalue weighted by atomic mass is 16.5. The molecular weight excluding hydrogens is 370 g/mol. The van der Waals surface area contributed by atoms with Crippen molar-refractivity contribution in [2.24, 2.45) is 0 Å². The van der Waals surface area contributed by atoms with Gasteiger partial charge in [0.05, 0.1) is 12.2 Å². The summed E-state index contributed by atoms with van der Waals surface area (Å²) in [6.07, 6.45) is 5.73. The van der Waals surface area contributed by atoms with Crippen molar-refractivity contribution in [2.75, 3.05) is 25.0 Å². The molecule has 1 aliphatic heterocycles. The number of amides is 2. The second-order valence-corrected chi connectivity index (χ2v) is 6.89. The van der Waals surface area contributed by atoms with E-state index in [9.17, 15) is 14.4 Å². The van der Waals surface area contributed by atoms with Gasteiger partial charge in [0.25, 0.3) is 11.8 Å². The van der Waals surface area contributed by atoms with E-state index in [-0.39, 0.29) is 17.5 Å². The smallest absolute Gasteiger partial charge is 0.338 e. The monoisotopic (exact) mass is 395 g/mol. The van der Waals surface area contributed by atoms with Crippen molar-refractivity contribution in [1.82, 2.24) is 9.88 Å². The van der Waals surface area contributed by atoms with E-state index in [1.165, 1.54) is 12.3 Å². The maximum Gasteiger partial charge on any atom is 0.338 e. The molecule has 1 aromatic heterocycles. The lowest BCUT2D eigenvalue weighted by atomic mass is 10.1. The zero-order valence-corrected chi connectivity index (χ0v) is 16.5. The highest BCUT2D eigenvalue weighted by Crippen LogP contribution is 2.15. The van der Waals surface area contributed by atoms with E-state index >= 15 is 0 Å². The molecule has 0 bridgehead atoms. The molecule has 2 aromatic rings. The molecule has 1 saturated heterocycles. The van der Waals surface area contributed by atoms with Crippen molar-refractivity contribution in [2.45, 2.75) is 32.6 Å². The first-order valence-corrected chi connectivity index (χ1v) is 9.92. The maximum absolute atomic E-state index is 12.7. The molecule has 7 heteroatoms. The van der Waals surface area contributed by atoms with E-state index < -0.39 is 5.97 Å². The van der Waals surface area contributed by atoms with E-state index in [2.05, 4.69) is 10.3 Å². The molecule has 0 unspecified atom stereocenters. The normalized spacial score (nSPS) is 14.0. The van der Waals surface area contributed by atoms with Gasteiger partial charge in [-0.05, 0) is 56.2 Å². The number of ether oxygens (including phenoxy) is 1. The van der Waals surface area contributed by atoms with Gasteiger partial charge < -0.3 is 15.0 Å². The number of hydrogen-bond donors (Lipinski definition) is 1. The van der Waals surface area contributed by atoms with Gasteiger partial charge in [0.15, 0.2) is 0 Å². The first-order chi connectivity index (χ1) is 14.1. The number of hydrogen-bond acceptors (Lipinski definition) is 5. The molecule has 1 N–H and O–H groups in total. The largest absolute Gasteiger partial charge is 0.462 e. The van der Waals surface area contributed by atoms with Crippen molar-refractivity contribution < 1.29 is 19.1 Å². The van der Waals surface area contributed by atoms with Gasteiger partial charge in [-0.15, -0.1) is 0 Å². The molecule has 152 valence electrons. The number of carbonyl (C=O) groups is 3. The predicted octanol–water partition coefficient (Wildman–Crippen LogP) is 3.53. The van der Waals surface area contributed by atoms with Gasteiger partial charge in [-0.2, -0.15) is 0 Å². The van der Waals surface area contributed by atoms with Crippen LogP contribution in [0, 0.1) is 0 Å². The summed E-state index contributed by atoms with van der Waals surface area (Å²) in [7, 11) is 0. The van der Waals surface area contributed by atoms with E-state index in [1.807, 2.05) is 4.90 Å². The molecule has 2 amide bonds. The van der Waals surface area contributed by atoms with E-state index in [4.69, 9.17) is 4.74 Å². The number of aromatic nitrogens is 1. The Kier molecular flexibility index (Phi) is 6.94. The summed E-state index contributed by atoms with van der Waals surface area (Å²) >= 11 is 0. The minimum atomic E-state index is -0.406. The van der Waals surface area contributed by atoms with Gasteiger partial charge >= 0.3 is 5.97 Å². The summed E-state index contributed by atoms with van der Waals surface area (Å²) in [5.74, 6) is -0.891. The number of pyridine rings is 1. The number of anilines is 1. The fourth-order valence-corrected chi connectivity index (χ4v) is 3.23. The van der Waals surface area contributed by atoms with Crippen LogP contribution in [-0.2, 0) is 4.74 Å². The molecule has 0 spiro atoms. The summed E-state index contributed by atoms with van der Waals surface area (Å²) < 4.78 is 4.94. The number of rotatable bonds is 5. The topological polar surface area (TPSA) is 88.6 Å². The lowest BCUT2D eigenvalue weighted by Gasteiger charge is -2.19. The summed E-state index contributed by atoms with van der Waals surface area (Å²) in [5, 5.41) is 2.77. The van der Waals surface area contributed by atoms with Gasteiger partial charge in [0.1, 0.15) is 5.69 Å². The molecule has 29 heavy (non-hydrogen) atoms. The zero-order chi connectivity index (χ0) is 20.6. The lowest BCUT2D eigenvalue weighted by molar-refractivity contribution is 0.0526. The summed E-state index contributed by atoms with van der Waals surface area (Å²) in [4.78, 5) is 43.0. The van der Waals surface area contributed by atoms with Gasteiger partial charge in [0, 0.05) is 30.5 Å². The number of benzene rings is 1. The Morgan fingerprint density at radius 3 is 2.34 bits per heavy atom. The van der Waals surface area contributed by atoms with Gasteiger partial charge in [-0.3, -0.25) is 14.6 Å². The average Bonchev–Trinajstić information content (AvgIpc) is 3.03. The molecule has 7 nitrogen and oxygen atoms in total. The van der Waals surface area contributed by atoms with Crippen LogP contribution in [0.15, 0.2) is 42.6 Å². The number of carbonyl (C=O) groups excluding carboxylic acids is 3. The minimum absolute atomic E-state index is 0.139. The first kappa shape index (κ1) is 20.5. The predicted molar refractivity (Wildman–Crippen MR) is 109 cm³/mol. The van der Waals surface area contributed by atoms with E-state index in [1.54, 1.807) is 37.3 Å². The molecule has 0 atom stereocenters. The number of nitrogens with one attached hydrogen (secondary N) is 1. The van der Waals surface area contributed by atoms with Crippen LogP contribution in [0.5, 0.6) is 0 Å². The standard InChI is InChI=1S/C22H25N3O4/c1-2-29-22(28)16-7-9-18(10-8-16)24-20(26)17-11-12-23-19(15-17)21(27)25-13-5-3-4-6-14-25/h7-12,15H,2-6,13-14H2,1H3,(H,24,26). The maximum atomic E-state index is 12.7. The zero-order valence-electron chi connectivity index (χ0n) is 16.5. The number of esters is 1. The van der Waals surface area contributed by atoms with Crippen LogP contribution in [0.4, 0.5) is 5.69 Å². The summed E-state index contributed by atoms with van der Waals surface area (Å²) in [6.45, 7) is 3.50. The Morgan fingerprint density at radius 1 is 1.00 bits per heavy atom. The van der Waals surface area contributed by atoms with Gasteiger partial charge in [-0.25, -0.2) is 4.79 Å². The van der Waals surface area contributed by atoms with Crippen molar-refractivity contribution in [3.8, 4) is 0 Å². The van der Waals surface area contributed by atoms with Crippen LogP contribution in [0.25, 0.3) is 0 Å². The molecule has 0 radical (unpaired) electrons. The minimum Gasteiger partial charge on any atom is -0.462 e. The third-order valence-corrected chi connectivity index (χ3v) is 4.79. The molecule has 0 saturated carbocycles. The molecule has 2 heterocycles. The van der Waals surface area contributed by atoms with Gasteiger partial charge in [-0.1, -0.05) is 12.8 Å². The van der Waals surface area contributed by atoms with Crippen LogP contribution >= 0.6 is 0 Å². The Hall–Kier alpha value is -3.22. The van der Waals surface area contributed by atoms with Gasteiger partial charge in [0.2, 0.25) is 0 Å². The number of likely N-dealkylation sites (tertiary alicyclic amines) is 1. The van der Waals surface area contributed by atoms with Crippen LogP contribution in [-0.4, -0.2) is 47.4 Å². The number of nitrogens with zero attached hydrogens (tertiary/aromatic N) is 2. The lowest BCUT2D eigenvalue weighted by Crippen LogP contribution is -2.32. The SMILES string of the molecule is CCOC(=O)c1ccc(NC(=O)c2ccnc(C(=O)N3CCCCCC3)c2)cc1. The van der Waals surface area contributed by atoms with E-state index in [0.29, 0.717) is 23.4 Å². The molecule has 1 aliphatic rings. The Labute approximate surface area is 170 Å². The fourth-order valence-electron chi connectivity index (χ4n) is 3.23. The van der Waals surface area contributed by atoms with Crippen LogP contribution in [0.2, 0.25) is 0 Å². The average molecular weight is 395 g/mol. The third-order valence-electron chi connectivity index (χ3n) is 4.79. The highest BCUT2D eigenvalue weighted by Gasteiger charge is 2.19. The molecular formula is C22H25N3O4. The Morgan fingerprint density at radius 2 is 1.69 bits per heavy atom. The third kappa shape index (κ3) is 5.40. The molecule has 0 aliphatic carbocycles. The van der Waals surface area contributed by atoms with Crippen molar-refractivity contribution in [1.29, 1.82) is 0 Å². The first-order valence-electron chi connectivity index (χ1n) is 9.92. The highest BCUT2D eigenvalue weighted by molar-refractivity contribution is 6.05. The summed E-state index contributed by atoms with van der Waals surface area (Å²) in [6, 6.07) is 9.54. The van der Waals surface area contributed by atoms with Crippen molar-refractivity contribution in [3.63, 3.8) is 0 Å². The van der Waals surface area contributed by atoms with Crippen LogP contribution < -0.4 is 5.32 Å². The summed E-state index contributed by atoms with van der Waals surface area (Å²) in [5.41, 5.74) is 1.59. The van der Waals surface area contributed by atoms with Crippen LogP contribution in [0.1, 0.15) is 63.8 Å². The quantitative estimate of drug-likeness (QED) is 0.783. The fraction of sp³-hybridized carbons (Fsp3) is 0.364. The van der Waals surface area contributed by atoms with Crippen LogP contribution in [0.3, 0.4) is 0 Å². The van der Waals surface area contributed by atoms with E-state index in [0.717, 1.165) is 38.8 Å². The van der Waals surface area contributed by atoms with Crippen molar-refractivity contribution in [3.05, 3.63) is 59.4 Å². The van der Waals surface area contributed by atoms with Crippen molar-refractivity contribution >= 4 is 23.5 Å².